The zero-order chi connectivity index (χ0) is 11.1. The van der Waals surface area contributed by atoms with E-state index in [0.717, 1.165) is 30.3 Å². The van der Waals surface area contributed by atoms with Crippen LogP contribution < -0.4 is 5.32 Å². The van der Waals surface area contributed by atoms with Crippen molar-refractivity contribution in [1.82, 2.24) is 10.3 Å². The van der Waals surface area contributed by atoms with Gasteiger partial charge in [0.25, 0.3) is 0 Å². The van der Waals surface area contributed by atoms with Gasteiger partial charge in [0.15, 0.2) is 0 Å². The lowest BCUT2D eigenvalue weighted by molar-refractivity contribution is 0.726. The summed E-state index contributed by atoms with van der Waals surface area (Å²) in [6.45, 7) is 6.03. The molecule has 0 aliphatic rings. The lowest BCUT2D eigenvalue weighted by Gasteiger charge is -2.00. The lowest BCUT2D eigenvalue weighted by atomic mass is 10.4. The summed E-state index contributed by atoms with van der Waals surface area (Å²) in [6.07, 6.45) is 5.15. The highest BCUT2D eigenvalue weighted by molar-refractivity contribution is 7.99. The minimum absolute atomic E-state index is 0.803. The SMILES string of the molecule is C#CCSCCNCc1nc(C)c(C)s1. The maximum atomic E-state index is 5.15. The molecule has 0 unspecified atom stereocenters. The number of rotatable bonds is 6. The van der Waals surface area contributed by atoms with Gasteiger partial charge in [0.1, 0.15) is 5.01 Å². The zero-order valence-electron chi connectivity index (χ0n) is 9.17. The van der Waals surface area contributed by atoms with Crippen molar-refractivity contribution in [3.05, 3.63) is 15.6 Å². The number of thiazole rings is 1. The number of aryl methyl sites for hydroxylation is 2. The van der Waals surface area contributed by atoms with E-state index in [-0.39, 0.29) is 0 Å². The van der Waals surface area contributed by atoms with Crippen LogP contribution in [0.3, 0.4) is 0 Å². The van der Waals surface area contributed by atoms with Gasteiger partial charge in [-0.3, -0.25) is 0 Å². The minimum atomic E-state index is 0.803. The molecule has 0 bridgehead atoms. The van der Waals surface area contributed by atoms with Crippen LogP contribution in [-0.4, -0.2) is 23.0 Å². The van der Waals surface area contributed by atoms with E-state index in [1.54, 1.807) is 23.1 Å². The van der Waals surface area contributed by atoms with Crippen molar-refractivity contribution in [3.63, 3.8) is 0 Å². The van der Waals surface area contributed by atoms with Crippen LogP contribution >= 0.6 is 23.1 Å². The van der Waals surface area contributed by atoms with Gasteiger partial charge in [0.2, 0.25) is 0 Å². The van der Waals surface area contributed by atoms with Gasteiger partial charge in [-0.15, -0.1) is 29.5 Å². The molecule has 2 nitrogen and oxygen atoms in total. The maximum absolute atomic E-state index is 5.15. The second-order valence-corrected chi connectivity index (χ2v) is 5.58. The molecular formula is C11H16N2S2. The molecule has 1 rings (SSSR count). The fourth-order valence-electron chi connectivity index (χ4n) is 1.09. The van der Waals surface area contributed by atoms with E-state index in [1.165, 1.54) is 9.88 Å². The number of hydrogen-bond acceptors (Lipinski definition) is 4. The molecule has 0 saturated heterocycles. The Morgan fingerprint density at radius 3 is 2.93 bits per heavy atom. The first-order valence-corrected chi connectivity index (χ1v) is 6.86. The molecule has 4 heteroatoms. The summed E-state index contributed by atoms with van der Waals surface area (Å²) in [6, 6.07) is 0. The van der Waals surface area contributed by atoms with E-state index in [4.69, 9.17) is 6.42 Å². The number of thioether (sulfide) groups is 1. The molecule has 82 valence electrons. The monoisotopic (exact) mass is 240 g/mol. The summed E-state index contributed by atoms with van der Waals surface area (Å²) in [7, 11) is 0. The molecular weight excluding hydrogens is 224 g/mol. The van der Waals surface area contributed by atoms with Crippen LogP contribution in [0.5, 0.6) is 0 Å². The predicted molar refractivity (Wildman–Crippen MR) is 69.5 cm³/mol. The third-order valence-electron chi connectivity index (χ3n) is 1.96. The number of aromatic nitrogens is 1. The molecule has 0 aliphatic heterocycles. The number of terminal acetylenes is 1. The number of nitrogens with zero attached hydrogens (tertiary/aromatic N) is 1. The van der Waals surface area contributed by atoms with Crippen LogP contribution in [0.4, 0.5) is 0 Å². The fourth-order valence-corrected chi connectivity index (χ4v) is 2.54. The van der Waals surface area contributed by atoms with Crippen LogP contribution in [0, 0.1) is 26.2 Å². The summed E-state index contributed by atoms with van der Waals surface area (Å²) in [5.74, 6) is 4.48. The molecule has 0 amide bonds. The minimum Gasteiger partial charge on any atom is -0.310 e. The third-order valence-corrected chi connectivity index (χ3v) is 3.89. The summed E-state index contributed by atoms with van der Waals surface area (Å²) in [5, 5.41) is 4.53. The predicted octanol–water partition coefficient (Wildman–Crippen LogP) is 2.22. The highest BCUT2D eigenvalue weighted by Crippen LogP contribution is 2.15. The molecule has 15 heavy (non-hydrogen) atoms. The number of nitrogens with one attached hydrogen (secondary N) is 1. The van der Waals surface area contributed by atoms with E-state index in [1.807, 2.05) is 0 Å². The van der Waals surface area contributed by atoms with Crippen LogP contribution in [0.25, 0.3) is 0 Å². The lowest BCUT2D eigenvalue weighted by Crippen LogP contribution is -2.16. The molecule has 0 saturated carbocycles. The Balaban J connectivity index is 2.13. The van der Waals surface area contributed by atoms with Gasteiger partial charge in [-0.25, -0.2) is 4.98 Å². The summed E-state index contributed by atoms with van der Waals surface area (Å²) < 4.78 is 0. The average molecular weight is 240 g/mol. The second kappa shape index (κ2) is 6.89. The Morgan fingerprint density at radius 1 is 1.53 bits per heavy atom. The Morgan fingerprint density at radius 2 is 2.33 bits per heavy atom. The Hall–Kier alpha value is -0.500. The molecule has 1 heterocycles. The molecule has 1 aromatic rings. The van der Waals surface area contributed by atoms with Crippen molar-refractivity contribution in [1.29, 1.82) is 0 Å². The van der Waals surface area contributed by atoms with E-state index in [0.29, 0.717) is 0 Å². The van der Waals surface area contributed by atoms with Gasteiger partial charge in [-0.2, -0.15) is 0 Å². The highest BCUT2D eigenvalue weighted by Gasteiger charge is 2.02. The van der Waals surface area contributed by atoms with Crippen molar-refractivity contribution in [2.24, 2.45) is 0 Å². The molecule has 0 aromatic carbocycles. The van der Waals surface area contributed by atoms with Crippen LogP contribution in [0.1, 0.15) is 15.6 Å². The molecule has 0 atom stereocenters. The van der Waals surface area contributed by atoms with Crippen molar-refractivity contribution in [3.8, 4) is 12.3 Å². The Labute approximate surface area is 99.9 Å². The largest absolute Gasteiger partial charge is 0.310 e. The Kier molecular flexibility index (Phi) is 5.77. The van der Waals surface area contributed by atoms with E-state index in [2.05, 4.69) is 30.1 Å². The van der Waals surface area contributed by atoms with Gasteiger partial charge in [0.05, 0.1) is 11.4 Å². The fraction of sp³-hybridized carbons (Fsp3) is 0.545. The first-order chi connectivity index (χ1) is 7.24. The van der Waals surface area contributed by atoms with Crippen LogP contribution in [0.2, 0.25) is 0 Å². The van der Waals surface area contributed by atoms with E-state index in [9.17, 15) is 0 Å². The zero-order valence-corrected chi connectivity index (χ0v) is 10.8. The number of hydrogen-bond donors (Lipinski definition) is 1. The van der Waals surface area contributed by atoms with Crippen molar-refractivity contribution in [2.75, 3.05) is 18.1 Å². The molecule has 0 radical (unpaired) electrons. The van der Waals surface area contributed by atoms with Crippen LogP contribution in [-0.2, 0) is 6.54 Å². The quantitative estimate of drug-likeness (QED) is 0.609. The highest BCUT2D eigenvalue weighted by atomic mass is 32.2. The Bertz CT molecular complexity index is 319. The van der Waals surface area contributed by atoms with Gasteiger partial charge in [-0.1, -0.05) is 5.92 Å². The topological polar surface area (TPSA) is 24.9 Å². The maximum Gasteiger partial charge on any atom is 0.107 e. The second-order valence-electron chi connectivity index (χ2n) is 3.18. The standard InChI is InChI=1S/C11H16N2S2/c1-4-6-14-7-5-12-8-11-13-9(2)10(3)15-11/h1,12H,5-8H2,2-3H3. The first-order valence-electron chi connectivity index (χ1n) is 4.89. The molecule has 0 spiro atoms. The average Bonchev–Trinajstić information content (AvgIpc) is 2.52. The summed E-state index contributed by atoms with van der Waals surface area (Å²) >= 11 is 3.55. The van der Waals surface area contributed by atoms with E-state index >= 15 is 0 Å². The normalized spacial score (nSPS) is 10.2. The van der Waals surface area contributed by atoms with Gasteiger partial charge in [0, 0.05) is 23.7 Å². The summed E-state index contributed by atoms with van der Waals surface area (Å²) in [5.41, 5.74) is 1.15. The van der Waals surface area contributed by atoms with Gasteiger partial charge >= 0.3 is 0 Å². The van der Waals surface area contributed by atoms with Crippen molar-refractivity contribution < 1.29 is 0 Å². The first kappa shape index (κ1) is 12.6. The molecule has 1 aromatic heterocycles. The van der Waals surface area contributed by atoms with Crippen molar-refractivity contribution >= 4 is 23.1 Å². The molecule has 0 fully saturated rings. The molecule has 0 aliphatic carbocycles. The third kappa shape index (κ3) is 4.70. The van der Waals surface area contributed by atoms with Gasteiger partial charge in [-0.05, 0) is 13.8 Å². The smallest absolute Gasteiger partial charge is 0.107 e. The van der Waals surface area contributed by atoms with E-state index < -0.39 is 0 Å². The van der Waals surface area contributed by atoms with Crippen LogP contribution in [0.15, 0.2) is 0 Å². The molecule has 1 N–H and O–H groups in total. The van der Waals surface area contributed by atoms with Crippen molar-refractivity contribution in [2.45, 2.75) is 20.4 Å². The summed E-state index contributed by atoms with van der Waals surface area (Å²) in [4.78, 5) is 5.77. The van der Waals surface area contributed by atoms with Gasteiger partial charge < -0.3 is 5.32 Å².